The van der Waals surface area contributed by atoms with E-state index in [0.29, 0.717) is 30.0 Å². The van der Waals surface area contributed by atoms with Crippen LogP contribution in [0.3, 0.4) is 0 Å². The lowest BCUT2D eigenvalue weighted by Crippen LogP contribution is -2.46. The molecule has 0 aromatic heterocycles. The Morgan fingerprint density at radius 3 is 2.69 bits per heavy atom. The second-order valence-corrected chi connectivity index (χ2v) is 10.4. The predicted molar refractivity (Wildman–Crippen MR) is 116 cm³/mol. The lowest BCUT2D eigenvalue weighted by atomic mass is 9.87. The van der Waals surface area contributed by atoms with E-state index in [1.54, 1.807) is 0 Å². The summed E-state index contributed by atoms with van der Waals surface area (Å²) in [5.41, 5.74) is 0. The number of nitrogens with zero attached hydrogens (tertiary/aromatic N) is 1. The van der Waals surface area contributed by atoms with Crippen LogP contribution in [0.2, 0.25) is 0 Å². The Bertz CT molecular complexity index is 564. The lowest BCUT2D eigenvalue weighted by Gasteiger charge is -2.29. The van der Waals surface area contributed by atoms with E-state index in [0.717, 1.165) is 44.5 Å². The first-order valence-electron chi connectivity index (χ1n) is 9.83. The number of rotatable bonds is 5. The van der Waals surface area contributed by atoms with E-state index in [1.807, 2.05) is 0 Å². The molecule has 152 valence electrons. The van der Waals surface area contributed by atoms with Crippen LogP contribution >= 0.6 is 24.0 Å². The molecular formula is C18H34IN3O3S. The van der Waals surface area contributed by atoms with Crippen molar-refractivity contribution in [3.8, 4) is 0 Å². The zero-order chi connectivity index (χ0) is 17.7. The largest absolute Gasteiger partial charge is 0.381 e. The van der Waals surface area contributed by atoms with Crippen molar-refractivity contribution >= 4 is 39.8 Å². The molecule has 4 unspecified atom stereocenters. The van der Waals surface area contributed by atoms with Crippen molar-refractivity contribution in [2.75, 3.05) is 37.8 Å². The Morgan fingerprint density at radius 2 is 2.04 bits per heavy atom. The van der Waals surface area contributed by atoms with Crippen molar-refractivity contribution in [2.24, 2.45) is 22.7 Å². The standard InChI is InChI=1S/C18H33N3O3S.HI/c1-14-3-2-4-17(9-14)21-18(19-10-15-5-7-24-12-15)20-11-16-6-8-25(22,23)13-16;/h14-17H,2-13H2,1H3,(H2,19,20,21);1H. The van der Waals surface area contributed by atoms with E-state index >= 15 is 0 Å². The van der Waals surface area contributed by atoms with Gasteiger partial charge in [0.1, 0.15) is 0 Å². The fourth-order valence-corrected chi connectivity index (χ4v) is 5.98. The van der Waals surface area contributed by atoms with E-state index in [4.69, 9.17) is 9.73 Å². The third kappa shape index (κ3) is 7.14. The fourth-order valence-electron chi connectivity index (χ4n) is 4.13. The number of halogens is 1. The zero-order valence-corrected chi connectivity index (χ0v) is 18.9. The van der Waals surface area contributed by atoms with Gasteiger partial charge in [0.15, 0.2) is 15.8 Å². The highest BCUT2D eigenvalue weighted by Gasteiger charge is 2.28. The summed E-state index contributed by atoms with van der Waals surface area (Å²) in [6.45, 7) is 5.46. The van der Waals surface area contributed by atoms with Gasteiger partial charge in [-0.15, -0.1) is 24.0 Å². The Labute approximate surface area is 175 Å². The van der Waals surface area contributed by atoms with Crippen LogP contribution in [-0.4, -0.2) is 58.2 Å². The Hall–Kier alpha value is -0.0900. The molecule has 2 N–H and O–H groups in total. The molecule has 8 heteroatoms. The van der Waals surface area contributed by atoms with E-state index in [9.17, 15) is 8.42 Å². The van der Waals surface area contributed by atoms with Gasteiger partial charge in [0, 0.05) is 31.7 Å². The van der Waals surface area contributed by atoms with E-state index in [1.165, 1.54) is 25.7 Å². The SMILES string of the molecule is CC1CCCC(NC(=NCC2CCS(=O)(=O)C2)NCC2CCOC2)C1.I. The monoisotopic (exact) mass is 499 g/mol. The van der Waals surface area contributed by atoms with Crippen LogP contribution in [0, 0.1) is 17.8 Å². The van der Waals surface area contributed by atoms with Crippen LogP contribution in [0.1, 0.15) is 45.4 Å². The zero-order valence-electron chi connectivity index (χ0n) is 15.8. The molecule has 1 aliphatic carbocycles. The molecule has 4 atom stereocenters. The summed E-state index contributed by atoms with van der Waals surface area (Å²) in [5, 5.41) is 7.08. The first kappa shape index (κ1) is 22.2. The molecule has 0 bridgehead atoms. The molecule has 1 saturated carbocycles. The molecule has 0 radical (unpaired) electrons. The minimum absolute atomic E-state index is 0. The molecular weight excluding hydrogens is 465 g/mol. The number of sulfone groups is 1. The Morgan fingerprint density at radius 1 is 1.19 bits per heavy atom. The van der Waals surface area contributed by atoms with Crippen molar-refractivity contribution in [1.82, 2.24) is 10.6 Å². The molecule has 2 heterocycles. The molecule has 0 aromatic rings. The molecule has 3 fully saturated rings. The summed E-state index contributed by atoms with van der Waals surface area (Å²) in [4.78, 5) is 4.74. The smallest absolute Gasteiger partial charge is 0.191 e. The summed E-state index contributed by atoms with van der Waals surface area (Å²) < 4.78 is 28.7. The second-order valence-electron chi connectivity index (χ2n) is 8.18. The topological polar surface area (TPSA) is 79.8 Å². The summed E-state index contributed by atoms with van der Waals surface area (Å²) in [6.07, 6.45) is 6.80. The van der Waals surface area contributed by atoms with Crippen LogP contribution < -0.4 is 10.6 Å². The van der Waals surface area contributed by atoms with Crippen molar-refractivity contribution < 1.29 is 13.2 Å². The van der Waals surface area contributed by atoms with Gasteiger partial charge in [-0.05, 0) is 37.5 Å². The summed E-state index contributed by atoms with van der Waals surface area (Å²) in [5.74, 6) is 2.95. The van der Waals surface area contributed by atoms with Crippen LogP contribution in [0.25, 0.3) is 0 Å². The minimum Gasteiger partial charge on any atom is -0.381 e. The highest BCUT2D eigenvalue weighted by Crippen LogP contribution is 2.23. The van der Waals surface area contributed by atoms with Crippen LogP contribution in [-0.2, 0) is 14.6 Å². The number of nitrogens with one attached hydrogen (secondary N) is 2. The first-order chi connectivity index (χ1) is 12.0. The van der Waals surface area contributed by atoms with Gasteiger partial charge in [-0.2, -0.15) is 0 Å². The molecule has 2 saturated heterocycles. The highest BCUT2D eigenvalue weighted by molar-refractivity contribution is 14.0. The van der Waals surface area contributed by atoms with Crippen LogP contribution in [0.15, 0.2) is 4.99 Å². The maximum Gasteiger partial charge on any atom is 0.191 e. The average Bonchev–Trinajstić information content (AvgIpc) is 3.19. The molecule has 26 heavy (non-hydrogen) atoms. The number of guanidine groups is 1. The number of aliphatic imine (C=N–C) groups is 1. The van der Waals surface area contributed by atoms with Crippen LogP contribution in [0.4, 0.5) is 0 Å². The van der Waals surface area contributed by atoms with Gasteiger partial charge in [-0.1, -0.05) is 19.8 Å². The molecule has 2 aliphatic heterocycles. The number of ether oxygens (including phenoxy) is 1. The predicted octanol–water partition coefficient (Wildman–Crippen LogP) is 2.19. The van der Waals surface area contributed by atoms with Gasteiger partial charge >= 0.3 is 0 Å². The van der Waals surface area contributed by atoms with Gasteiger partial charge < -0.3 is 15.4 Å². The molecule has 0 amide bonds. The van der Waals surface area contributed by atoms with E-state index in [2.05, 4.69) is 17.6 Å². The average molecular weight is 499 g/mol. The third-order valence-electron chi connectivity index (χ3n) is 5.69. The van der Waals surface area contributed by atoms with Gasteiger partial charge in [-0.3, -0.25) is 4.99 Å². The summed E-state index contributed by atoms with van der Waals surface area (Å²) in [7, 11) is -2.83. The Balaban J connectivity index is 0.00000243. The van der Waals surface area contributed by atoms with Crippen molar-refractivity contribution in [1.29, 1.82) is 0 Å². The van der Waals surface area contributed by atoms with Gasteiger partial charge in [0.05, 0.1) is 18.1 Å². The number of hydrogen-bond acceptors (Lipinski definition) is 4. The van der Waals surface area contributed by atoms with E-state index < -0.39 is 9.84 Å². The number of hydrogen-bond donors (Lipinski definition) is 2. The maximum absolute atomic E-state index is 11.6. The molecule has 6 nitrogen and oxygen atoms in total. The van der Waals surface area contributed by atoms with Crippen molar-refractivity contribution in [3.63, 3.8) is 0 Å². The van der Waals surface area contributed by atoms with E-state index in [-0.39, 0.29) is 29.9 Å². The minimum atomic E-state index is -2.83. The van der Waals surface area contributed by atoms with Gasteiger partial charge in [-0.25, -0.2) is 8.42 Å². The fraction of sp³-hybridized carbons (Fsp3) is 0.944. The van der Waals surface area contributed by atoms with Crippen molar-refractivity contribution in [3.05, 3.63) is 0 Å². The first-order valence-corrected chi connectivity index (χ1v) is 11.7. The second kappa shape index (κ2) is 10.5. The Kier molecular flexibility index (Phi) is 8.93. The maximum atomic E-state index is 11.6. The molecule has 0 spiro atoms. The summed E-state index contributed by atoms with van der Waals surface area (Å²) >= 11 is 0. The summed E-state index contributed by atoms with van der Waals surface area (Å²) in [6, 6.07) is 0.474. The highest BCUT2D eigenvalue weighted by atomic mass is 127. The van der Waals surface area contributed by atoms with Crippen molar-refractivity contribution in [2.45, 2.75) is 51.5 Å². The molecule has 0 aromatic carbocycles. The molecule has 3 rings (SSSR count). The van der Waals surface area contributed by atoms with Gasteiger partial charge in [0.25, 0.3) is 0 Å². The van der Waals surface area contributed by atoms with Gasteiger partial charge in [0.2, 0.25) is 0 Å². The molecule has 3 aliphatic rings. The normalized spacial score (nSPS) is 34.3. The quantitative estimate of drug-likeness (QED) is 0.345. The lowest BCUT2D eigenvalue weighted by molar-refractivity contribution is 0.186. The third-order valence-corrected chi connectivity index (χ3v) is 7.53. The van der Waals surface area contributed by atoms with Crippen LogP contribution in [0.5, 0.6) is 0 Å².